The second-order valence-electron chi connectivity index (χ2n) is 6.92. The van der Waals surface area contributed by atoms with Crippen molar-refractivity contribution in [1.29, 1.82) is 5.26 Å². The minimum absolute atomic E-state index is 0.0225. The molecule has 1 heterocycles. The number of carbonyl (C=O) groups is 1. The molecule has 0 radical (unpaired) electrons. The summed E-state index contributed by atoms with van der Waals surface area (Å²) in [6.07, 6.45) is 1.52. The van der Waals surface area contributed by atoms with E-state index >= 15 is 0 Å². The van der Waals surface area contributed by atoms with Crippen LogP contribution in [-0.2, 0) is 11.4 Å². The zero-order valence-corrected chi connectivity index (χ0v) is 21.7. The molecule has 1 N–H and O–H groups in total. The molecule has 1 aliphatic rings. The fourth-order valence-corrected chi connectivity index (χ4v) is 4.75. The van der Waals surface area contributed by atoms with E-state index in [1.807, 2.05) is 36.4 Å². The molecule has 0 aliphatic carbocycles. The van der Waals surface area contributed by atoms with Crippen molar-refractivity contribution in [3.63, 3.8) is 0 Å². The van der Waals surface area contributed by atoms with Gasteiger partial charge in [-0.2, -0.15) is 5.26 Å². The van der Waals surface area contributed by atoms with E-state index in [9.17, 15) is 10.1 Å². The maximum absolute atomic E-state index is 12.5. The van der Waals surface area contributed by atoms with Crippen molar-refractivity contribution in [2.45, 2.75) is 6.61 Å². The molecule has 33 heavy (non-hydrogen) atoms. The number of nitrogens with zero attached hydrogens (tertiary/aromatic N) is 1. The third-order valence-corrected chi connectivity index (χ3v) is 6.33. The van der Waals surface area contributed by atoms with Crippen molar-refractivity contribution in [2.24, 2.45) is 0 Å². The van der Waals surface area contributed by atoms with Gasteiger partial charge in [-0.1, -0.05) is 22.0 Å². The maximum atomic E-state index is 12.5. The number of nitrogens with one attached hydrogen (secondary N) is 1. The molecule has 0 atom stereocenters. The van der Waals surface area contributed by atoms with Gasteiger partial charge in [0, 0.05) is 10.2 Å². The lowest BCUT2D eigenvalue weighted by Gasteiger charge is -2.12. The summed E-state index contributed by atoms with van der Waals surface area (Å²) in [6, 6.07) is 18.3. The van der Waals surface area contributed by atoms with Gasteiger partial charge in [0.15, 0.2) is 11.5 Å². The molecule has 0 unspecified atom stereocenters. The molecule has 0 aromatic heterocycles. The van der Waals surface area contributed by atoms with Crippen LogP contribution in [0, 0.1) is 11.3 Å². The number of carbonyl (C=O) groups excluding carboxylic acids is 1. The Morgan fingerprint density at radius 3 is 2.42 bits per heavy atom. The third-order valence-electron chi connectivity index (χ3n) is 4.62. The summed E-state index contributed by atoms with van der Waals surface area (Å²) >= 11 is 10.4. The van der Waals surface area contributed by atoms with E-state index in [0.29, 0.717) is 38.3 Å². The van der Waals surface area contributed by atoms with Gasteiger partial charge in [0.2, 0.25) is 6.79 Å². The third kappa shape index (κ3) is 5.77. The quantitative estimate of drug-likeness (QED) is 0.238. The van der Waals surface area contributed by atoms with E-state index in [0.717, 1.165) is 15.8 Å². The molecule has 3 aromatic rings. The average molecular weight is 635 g/mol. The number of fused-ring (bicyclic) bond motifs is 1. The standard InChI is InChI=1S/C24H15Br3N2O4/c25-17-2-4-18(5-3-17)29-24(30)16(11-28)7-15-8-19(26)23(20(27)9-15)31-12-14-1-6-21-22(10-14)33-13-32-21/h1-10H,12-13H2,(H,29,30)/b16-7-. The Hall–Kier alpha value is -2.80. The van der Waals surface area contributed by atoms with Crippen LogP contribution in [0.3, 0.4) is 0 Å². The Kier molecular flexibility index (Phi) is 7.38. The number of halogens is 3. The molecule has 9 heteroatoms. The second-order valence-corrected chi connectivity index (χ2v) is 9.55. The van der Waals surface area contributed by atoms with E-state index in [4.69, 9.17) is 14.2 Å². The minimum atomic E-state index is -0.491. The molecule has 1 amide bonds. The van der Waals surface area contributed by atoms with Crippen LogP contribution in [0.4, 0.5) is 5.69 Å². The molecular formula is C24H15Br3N2O4. The van der Waals surface area contributed by atoms with Crippen molar-refractivity contribution < 1.29 is 19.0 Å². The van der Waals surface area contributed by atoms with Crippen molar-refractivity contribution in [3.05, 3.63) is 84.7 Å². The van der Waals surface area contributed by atoms with Crippen LogP contribution >= 0.6 is 47.8 Å². The summed E-state index contributed by atoms with van der Waals surface area (Å²) in [4.78, 5) is 12.5. The molecule has 166 valence electrons. The van der Waals surface area contributed by atoms with E-state index in [2.05, 4.69) is 53.1 Å². The number of amides is 1. The number of benzene rings is 3. The van der Waals surface area contributed by atoms with Crippen LogP contribution in [0.2, 0.25) is 0 Å². The van der Waals surface area contributed by atoms with Crippen LogP contribution in [0.1, 0.15) is 11.1 Å². The topological polar surface area (TPSA) is 80.6 Å². The van der Waals surface area contributed by atoms with Gasteiger partial charge >= 0.3 is 0 Å². The van der Waals surface area contributed by atoms with Gasteiger partial charge in [-0.05, 0) is 97.6 Å². The SMILES string of the molecule is N#C/C(=C/c1cc(Br)c(OCc2ccc3c(c2)OCO3)c(Br)c1)C(=O)Nc1ccc(Br)cc1. The first-order chi connectivity index (χ1) is 15.9. The largest absolute Gasteiger partial charge is 0.487 e. The Morgan fingerprint density at radius 2 is 1.73 bits per heavy atom. The van der Waals surface area contributed by atoms with Crippen molar-refractivity contribution in [2.75, 3.05) is 12.1 Å². The maximum Gasteiger partial charge on any atom is 0.266 e. The van der Waals surface area contributed by atoms with Crippen LogP contribution < -0.4 is 19.5 Å². The molecule has 0 saturated heterocycles. The van der Waals surface area contributed by atoms with Crippen LogP contribution in [0.25, 0.3) is 6.08 Å². The van der Waals surface area contributed by atoms with Gasteiger partial charge in [-0.15, -0.1) is 0 Å². The molecule has 3 aromatic carbocycles. The highest BCUT2D eigenvalue weighted by Crippen LogP contribution is 2.37. The smallest absolute Gasteiger partial charge is 0.266 e. The van der Waals surface area contributed by atoms with Gasteiger partial charge in [-0.25, -0.2) is 0 Å². The Labute approximate surface area is 215 Å². The molecule has 1 aliphatic heterocycles. The first kappa shape index (κ1) is 23.4. The lowest BCUT2D eigenvalue weighted by atomic mass is 10.1. The number of anilines is 1. The number of nitriles is 1. The highest BCUT2D eigenvalue weighted by atomic mass is 79.9. The summed E-state index contributed by atoms with van der Waals surface area (Å²) in [7, 11) is 0. The molecule has 0 fully saturated rings. The number of hydrogen-bond donors (Lipinski definition) is 1. The predicted molar refractivity (Wildman–Crippen MR) is 135 cm³/mol. The summed E-state index contributed by atoms with van der Waals surface area (Å²) in [5.41, 5.74) is 2.16. The fourth-order valence-electron chi connectivity index (χ4n) is 3.03. The number of ether oxygens (including phenoxy) is 3. The monoisotopic (exact) mass is 632 g/mol. The lowest BCUT2D eigenvalue weighted by Crippen LogP contribution is -2.13. The highest BCUT2D eigenvalue weighted by Gasteiger charge is 2.15. The molecule has 0 saturated carbocycles. The van der Waals surface area contributed by atoms with E-state index in [1.54, 1.807) is 24.3 Å². The first-order valence-electron chi connectivity index (χ1n) is 9.62. The minimum Gasteiger partial charge on any atom is -0.487 e. The Balaban J connectivity index is 1.48. The van der Waals surface area contributed by atoms with Crippen LogP contribution in [0.5, 0.6) is 17.2 Å². The summed E-state index contributed by atoms with van der Waals surface area (Å²) < 4.78 is 18.9. The van der Waals surface area contributed by atoms with E-state index < -0.39 is 5.91 Å². The van der Waals surface area contributed by atoms with Crippen molar-refractivity contribution in [1.82, 2.24) is 0 Å². The number of rotatable bonds is 6. The highest BCUT2D eigenvalue weighted by molar-refractivity contribution is 9.11. The van der Waals surface area contributed by atoms with E-state index in [1.165, 1.54) is 6.08 Å². The van der Waals surface area contributed by atoms with Crippen LogP contribution in [-0.4, -0.2) is 12.7 Å². The average Bonchev–Trinajstić information content (AvgIpc) is 3.26. The first-order valence-corrected chi connectivity index (χ1v) is 12.0. The summed E-state index contributed by atoms with van der Waals surface area (Å²) in [5.74, 6) is 1.52. The van der Waals surface area contributed by atoms with Gasteiger partial charge in [0.05, 0.1) is 8.95 Å². The molecule has 4 rings (SSSR count). The zero-order valence-electron chi connectivity index (χ0n) is 16.9. The molecule has 6 nitrogen and oxygen atoms in total. The van der Waals surface area contributed by atoms with Gasteiger partial charge < -0.3 is 19.5 Å². The van der Waals surface area contributed by atoms with Crippen molar-refractivity contribution >= 4 is 65.5 Å². The van der Waals surface area contributed by atoms with Crippen LogP contribution in [0.15, 0.2) is 73.6 Å². The fraction of sp³-hybridized carbons (Fsp3) is 0.0833. The molecule has 0 spiro atoms. The zero-order chi connectivity index (χ0) is 23.4. The number of hydrogen-bond acceptors (Lipinski definition) is 5. The van der Waals surface area contributed by atoms with E-state index in [-0.39, 0.29) is 12.4 Å². The second kappa shape index (κ2) is 10.4. The Bertz CT molecular complexity index is 1260. The van der Waals surface area contributed by atoms with Gasteiger partial charge in [-0.3, -0.25) is 4.79 Å². The van der Waals surface area contributed by atoms with Gasteiger partial charge in [0.25, 0.3) is 5.91 Å². The molecule has 0 bridgehead atoms. The summed E-state index contributed by atoms with van der Waals surface area (Å²) in [6.45, 7) is 0.541. The molecular weight excluding hydrogens is 620 g/mol. The lowest BCUT2D eigenvalue weighted by molar-refractivity contribution is -0.112. The Morgan fingerprint density at radius 1 is 1.03 bits per heavy atom. The van der Waals surface area contributed by atoms with Crippen molar-refractivity contribution in [3.8, 4) is 23.3 Å². The van der Waals surface area contributed by atoms with Gasteiger partial charge in [0.1, 0.15) is 24.0 Å². The summed E-state index contributed by atoms with van der Waals surface area (Å²) in [5, 5.41) is 12.2. The predicted octanol–water partition coefficient (Wildman–Crippen LogP) is 6.83. The normalized spacial score (nSPS) is 12.2.